The van der Waals surface area contributed by atoms with Crippen LogP contribution >= 0.6 is 11.6 Å². The second kappa shape index (κ2) is 10.0. The standard InChI is InChI=1S/C31H32ClNO6/c1-29(2,3)31(28(37)38)18-30(4,27(35)36)33(25(31)22-11-6-8-12-23(22)32)26(34)20-16-14-19(15-17-20)21-10-7-9-13-24(21)39-5/h6-17,25H,18H2,1-5H3,(H,35,36)(H,37,38)/t25-,30-,31-/m0/s1. The van der Waals surface area contributed by atoms with Gasteiger partial charge in [-0.3, -0.25) is 9.59 Å². The molecule has 7 nitrogen and oxygen atoms in total. The Morgan fingerprint density at radius 3 is 2.05 bits per heavy atom. The minimum absolute atomic E-state index is 0.230. The van der Waals surface area contributed by atoms with E-state index in [9.17, 15) is 24.6 Å². The Labute approximate surface area is 233 Å². The largest absolute Gasteiger partial charge is 0.496 e. The van der Waals surface area contributed by atoms with E-state index in [-0.39, 0.29) is 17.0 Å². The number of aliphatic carboxylic acids is 2. The fourth-order valence-corrected chi connectivity index (χ4v) is 6.09. The Morgan fingerprint density at radius 2 is 1.51 bits per heavy atom. The van der Waals surface area contributed by atoms with Crippen molar-refractivity contribution in [1.29, 1.82) is 0 Å². The zero-order valence-electron chi connectivity index (χ0n) is 22.6. The molecule has 3 aromatic rings. The summed E-state index contributed by atoms with van der Waals surface area (Å²) in [5.41, 5.74) is -2.16. The van der Waals surface area contributed by atoms with Crippen LogP contribution in [-0.2, 0) is 9.59 Å². The van der Waals surface area contributed by atoms with Gasteiger partial charge in [-0.2, -0.15) is 0 Å². The van der Waals surface area contributed by atoms with E-state index in [2.05, 4.69) is 0 Å². The molecule has 204 valence electrons. The predicted octanol–water partition coefficient (Wildman–Crippen LogP) is 6.56. The number of amides is 1. The molecule has 0 radical (unpaired) electrons. The van der Waals surface area contributed by atoms with Crippen molar-refractivity contribution in [3.63, 3.8) is 0 Å². The maximum atomic E-state index is 14.3. The quantitative estimate of drug-likeness (QED) is 0.360. The molecule has 0 bridgehead atoms. The maximum Gasteiger partial charge on any atom is 0.329 e. The highest BCUT2D eigenvalue weighted by Gasteiger charge is 2.70. The molecule has 2 N–H and O–H groups in total. The van der Waals surface area contributed by atoms with E-state index in [1.54, 1.807) is 76.4 Å². The second-order valence-electron chi connectivity index (χ2n) is 11.2. The number of carbonyl (C=O) groups is 3. The smallest absolute Gasteiger partial charge is 0.329 e. The van der Waals surface area contributed by atoms with Crippen LogP contribution in [0.3, 0.4) is 0 Å². The minimum atomic E-state index is -1.83. The molecule has 4 rings (SSSR count). The highest BCUT2D eigenvalue weighted by atomic mass is 35.5. The van der Waals surface area contributed by atoms with Crippen LogP contribution in [0.1, 0.15) is 56.1 Å². The molecule has 3 atom stereocenters. The summed E-state index contributed by atoms with van der Waals surface area (Å²) in [6.45, 7) is 6.67. The van der Waals surface area contributed by atoms with Crippen molar-refractivity contribution < 1.29 is 29.3 Å². The Balaban J connectivity index is 1.92. The average Bonchev–Trinajstić information content (AvgIpc) is 3.20. The van der Waals surface area contributed by atoms with Gasteiger partial charge in [0.15, 0.2) is 0 Å². The lowest BCUT2D eigenvalue weighted by Gasteiger charge is -2.44. The van der Waals surface area contributed by atoms with Crippen LogP contribution in [0.4, 0.5) is 0 Å². The molecule has 0 aliphatic carbocycles. The van der Waals surface area contributed by atoms with Crippen molar-refractivity contribution in [2.75, 3.05) is 7.11 Å². The van der Waals surface area contributed by atoms with E-state index in [0.717, 1.165) is 11.1 Å². The topological polar surface area (TPSA) is 104 Å². The van der Waals surface area contributed by atoms with Gasteiger partial charge < -0.3 is 19.8 Å². The third-order valence-corrected chi connectivity index (χ3v) is 8.37. The van der Waals surface area contributed by atoms with Crippen LogP contribution in [-0.4, -0.2) is 45.6 Å². The SMILES string of the molecule is COc1ccccc1-c1ccc(C(=O)N2[C@@H](c3ccccc3Cl)[C@@](C(=O)O)(C(C)(C)C)C[C@@]2(C)C(=O)O)cc1. The number of hydrogen-bond donors (Lipinski definition) is 2. The monoisotopic (exact) mass is 549 g/mol. The Bertz CT molecular complexity index is 1430. The van der Waals surface area contributed by atoms with E-state index in [1.165, 1.54) is 11.8 Å². The molecule has 3 aromatic carbocycles. The average molecular weight is 550 g/mol. The van der Waals surface area contributed by atoms with Gasteiger partial charge in [0, 0.05) is 22.6 Å². The molecule has 1 saturated heterocycles. The molecular weight excluding hydrogens is 518 g/mol. The number of methoxy groups -OCH3 is 1. The number of rotatable bonds is 6. The molecule has 1 heterocycles. The third kappa shape index (κ3) is 4.44. The van der Waals surface area contributed by atoms with E-state index in [0.29, 0.717) is 11.3 Å². The predicted molar refractivity (Wildman–Crippen MR) is 149 cm³/mol. The first-order chi connectivity index (χ1) is 18.3. The summed E-state index contributed by atoms with van der Waals surface area (Å²) >= 11 is 6.60. The fourth-order valence-electron chi connectivity index (χ4n) is 5.85. The van der Waals surface area contributed by atoms with Gasteiger partial charge in [0.1, 0.15) is 16.7 Å². The van der Waals surface area contributed by atoms with Gasteiger partial charge in [-0.25, -0.2) is 4.79 Å². The van der Waals surface area contributed by atoms with Crippen LogP contribution in [0.25, 0.3) is 11.1 Å². The first-order valence-electron chi connectivity index (χ1n) is 12.6. The van der Waals surface area contributed by atoms with Crippen molar-refractivity contribution >= 4 is 29.4 Å². The number of carboxylic acid groups (broad SMARTS) is 2. The van der Waals surface area contributed by atoms with E-state index >= 15 is 0 Å². The number of benzene rings is 3. The van der Waals surface area contributed by atoms with Crippen molar-refractivity contribution in [2.45, 2.75) is 45.7 Å². The summed E-state index contributed by atoms with van der Waals surface area (Å²) in [5, 5.41) is 21.5. The van der Waals surface area contributed by atoms with Gasteiger partial charge in [-0.1, -0.05) is 80.9 Å². The molecule has 39 heavy (non-hydrogen) atoms. The van der Waals surface area contributed by atoms with E-state index in [4.69, 9.17) is 16.3 Å². The van der Waals surface area contributed by atoms with Gasteiger partial charge >= 0.3 is 11.9 Å². The third-order valence-electron chi connectivity index (χ3n) is 8.03. The van der Waals surface area contributed by atoms with Crippen molar-refractivity contribution in [2.24, 2.45) is 10.8 Å². The molecule has 1 amide bonds. The summed E-state index contributed by atoms with van der Waals surface area (Å²) in [7, 11) is 1.58. The number of likely N-dealkylation sites (tertiary alicyclic amines) is 1. The summed E-state index contributed by atoms with van der Waals surface area (Å²) in [5.74, 6) is -2.39. The Morgan fingerprint density at radius 1 is 0.923 bits per heavy atom. The summed E-state index contributed by atoms with van der Waals surface area (Å²) in [6, 6.07) is 19.8. The molecule has 8 heteroatoms. The van der Waals surface area contributed by atoms with Crippen LogP contribution < -0.4 is 4.74 Å². The number of ether oxygens (including phenoxy) is 1. The fraction of sp³-hybridized carbons (Fsp3) is 0.323. The van der Waals surface area contributed by atoms with Crippen LogP contribution in [0.2, 0.25) is 5.02 Å². The summed E-state index contributed by atoms with van der Waals surface area (Å²) < 4.78 is 5.46. The Hall–Kier alpha value is -3.84. The molecule has 1 fully saturated rings. The van der Waals surface area contributed by atoms with Gasteiger partial charge in [0.05, 0.1) is 13.2 Å². The van der Waals surface area contributed by atoms with E-state index in [1.807, 2.05) is 24.3 Å². The molecule has 0 unspecified atom stereocenters. The zero-order valence-corrected chi connectivity index (χ0v) is 23.3. The van der Waals surface area contributed by atoms with Crippen molar-refractivity contribution in [1.82, 2.24) is 4.90 Å². The number of halogens is 1. The lowest BCUT2D eigenvalue weighted by molar-refractivity contribution is -0.158. The molecule has 0 saturated carbocycles. The summed E-state index contributed by atoms with van der Waals surface area (Å²) in [6.07, 6.45) is -0.297. The van der Waals surface area contributed by atoms with E-state index < -0.39 is 40.3 Å². The van der Waals surface area contributed by atoms with Gasteiger partial charge in [0.25, 0.3) is 5.91 Å². The molecule has 1 aliphatic rings. The van der Waals surface area contributed by atoms with Crippen molar-refractivity contribution in [3.05, 3.63) is 88.9 Å². The molecule has 1 aliphatic heterocycles. The molecular formula is C31H32ClNO6. The normalized spacial score (nSPS) is 22.9. The maximum absolute atomic E-state index is 14.3. The number of para-hydroxylation sites is 1. The van der Waals surface area contributed by atoms with Crippen molar-refractivity contribution in [3.8, 4) is 16.9 Å². The Kier molecular flexibility index (Phi) is 7.25. The van der Waals surface area contributed by atoms with Gasteiger partial charge in [-0.05, 0) is 47.7 Å². The lowest BCUT2D eigenvalue weighted by atomic mass is 9.59. The van der Waals surface area contributed by atoms with Crippen LogP contribution in [0.15, 0.2) is 72.8 Å². The number of carbonyl (C=O) groups excluding carboxylic acids is 1. The molecule has 0 spiro atoms. The highest BCUT2D eigenvalue weighted by molar-refractivity contribution is 6.31. The van der Waals surface area contributed by atoms with Gasteiger partial charge in [-0.15, -0.1) is 0 Å². The number of nitrogens with zero attached hydrogens (tertiary/aromatic N) is 1. The summed E-state index contributed by atoms with van der Waals surface area (Å²) in [4.78, 5) is 41.5. The van der Waals surface area contributed by atoms with Crippen LogP contribution in [0.5, 0.6) is 5.75 Å². The first-order valence-corrected chi connectivity index (χ1v) is 13.0. The second-order valence-corrected chi connectivity index (χ2v) is 11.6. The minimum Gasteiger partial charge on any atom is -0.496 e. The molecule has 0 aromatic heterocycles. The van der Waals surface area contributed by atoms with Gasteiger partial charge in [0.2, 0.25) is 0 Å². The zero-order chi connectivity index (χ0) is 28.8. The van der Waals surface area contributed by atoms with Crippen LogP contribution in [0, 0.1) is 10.8 Å². The number of hydrogen-bond acceptors (Lipinski definition) is 4. The number of carboxylic acids is 2. The highest BCUT2D eigenvalue weighted by Crippen LogP contribution is 2.63. The lowest BCUT2D eigenvalue weighted by Crippen LogP contribution is -2.52. The first kappa shape index (κ1) is 28.2.